The van der Waals surface area contributed by atoms with E-state index in [1.807, 2.05) is 6.07 Å². The molecule has 2 N–H and O–H groups in total. The second-order valence-corrected chi connectivity index (χ2v) is 5.19. The maximum absolute atomic E-state index is 12.2. The van der Waals surface area contributed by atoms with Crippen LogP contribution in [-0.4, -0.2) is 34.6 Å². The van der Waals surface area contributed by atoms with Crippen molar-refractivity contribution >= 4 is 29.3 Å². The third-order valence-corrected chi connectivity index (χ3v) is 3.40. The lowest BCUT2D eigenvalue weighted by Gasteiger charge is -2.22. The minimum atomic E-state index is -1.16. The molecule has 2 amide bonds. The average Bonchev–Trinajstić information content (AvgIpc) is 3.25. The Morgan fingerprint density at radius 3 is 2.76 bits per heavy atom. The third kappa shape index (κ3) is 3.86. The van der Waals surface area contributed by atoms with E-state index in [1.54, 1.807) is 4.90 Å². The van der Waals surface area contributed by atoms with Gasteiger partial charge in [-0.2, -0.15) is 5.26 Å². The van der Waals surface area contributed by atoms with Crippen LogP contribution in [0.4, 0.5) is 10.5 Å². The van der Waals surface area contributed by atoms with Crippen LogP contribution < -0.4 is 5.32 Å². The molecule has 0 spiro atoms. The van der Waals surface area contributed by atoms with Crippen molar-refractivity contribution in [2.45, 2.75) is 25.3 Å². The van der Waals surface area contributed by atoms with E-state index in [0.717, 1.165) is 12.8 Å². The van der Waals surface area contributed by atoms with Crippen LogP contribution in [0.25, 0.3) is 0 Å². The number of carbonyl (C=O) groups is 2. The molecule has 6 nitrogen and oxygen atoms in total. The highest BCUT2D eigenvalue weighted by Gasteiger charge is 2.32. The van der Waals surface area contributed by atoms with Gasteiger partial charge in [-0.25, -0.2) is 9.59 Å². The first-order valence-electron chi connectivity index (χ1n) is 6.50. The molecule has 7 heteroatoms. The van der Waals surface area contributed by atoms with Crippen LogP contribution in [0, 0.1) is 11.3 Å². The second-order valence-electron chi connectivity index (χ2n) is 4.76. The Kier molecular flexibility index (Phi) is 4.66. The summed E-state index contributed by atoms with van der Waals surface area (Å²) in [7, 11) is 0. The summed E-state index contributed by atoms with van der Waals surface area (Å²) in [4.78, 5) is 25.0. The Balaban J connectivity index is 2.14. The van der Waals surface area contributed by atoms with Crippen molar-refractivity contribution in [3.63, 3.8) is 0 Å². The van der Waals surface area contributed by atoms with Gasteiger partial charge < -0.3 is 15.3 Å². The lowest BCUT2D eigenvalue weighted by Crippen LogP contribution is -2.37. The van der Waals surface area contributed by atoms with Crippen LogP contribution >= 0.6 is 11.6 Å². The summed E-state index contributed by atoms with van der Waals surface area (Å²) < 4.78 is 0. The number of urea groups is 1. The van der Waals surface area contributed by atoms with Crippen LogP contribution in [0.3, 0.4) is 0 Å². The molecule has 1 aromatic rings. The fourth-order valence-electron chi connectivity index (χ4n) is 2.00. The van der Waals surface area contributed by atoms with Crippen molar-refractivity contribution in [1.82, 2.24) is 4.90 Å². The van der Waals surface area contributed by atoms with E-state index in [0.29, 0.717) is 6.54 Å². The Labute approximate surface area is 126 Å². The van der Waals surface area contributed by atoms with Crippen LogP contribution in [-0.2, 0) is 0 Å². The quantitative estimate of drug-likeness (QED) is 0.874. The molecule has 1 fully saturated rings. The zero-order valence-corrected chi connectivity index (χ0v) is 11.9. The van der Waals surface area contributed by atoms with Crippen LogP contribution in [0.5, 0.6) is 0 Å². The normalized spacial score (nSPS) is 13.3. The number of nitrogens with one attached hydrogen (secondary N) is 1. The van der Waals surface area contributed by atoms with Crippen molar-refractivity contribution in [3.8, 4) is 6.07 Å². The van der Waals surface area contributed by atoms with Crippen molar-refractivity contribution < 1.29 is 14.7 Å². The van der Waals surface area contributed by atoms with E-state index < -0.39 is 12.0 Å². The van der Waals surface area contributed by atoms with Crippen molar-refractivity contribution in [2.24, 2.45) is 0 Å². The maximum atomic E-state index is 12.2. The van der Waals surface area contributed by atoms with E-state index >= 15 is 0 Å². The highest BCUT2D eigenvalue weighted by atomic mass is 35.5. The molecule has 0 unspecified atom stereocenters. The minimum Gasteiger partial charge on any atom is -0.478 e. The van der Waals surface area contributed by atoms with Gasteiger partial charge in [-0.3, -0.25) is 0 Å². The van der Waals surface area contributed by atoms with Crippen molar-refractivity contribution in [3.05, 3.63) is 28.8 Å². The minimum absolute atomic E-state index is 0.0631. The topological polar surface area (TPSA) is 93.4 Å². The number of carbonyl (C=O) groups excluding carboxylic acids is 1. The van der Waals surface area contributed by atoms with Gasteiger partial charge >= 0.3 is 12.0 Å². The van der Waals surface area contributed by atoms with Gasteiger partial charge in [0.2, 0.25) is 0 Å². The zero-order valence-electron chi connectivity index (χ0n) is 11.2. The Morgan fingerprint density at radius 2 is 2.19 bits per heavy atom. The number of amides is 2. The number of halogens is 1. The fourth-order valence-corrected chi connectivity index (χ4v) is 2.17. The van der Waals surface area contributed by atoms with Crippen molar-refractivity contribution in [2.75, 3.05) is 11.9 Å². The monoisotopic (exact) mass is 307 g/mol. The fraction of sp³-hybridized carbons (Fsp3) is 0.357. The van der Waals surface area contributed by atoms with Gasteiger partial charge in [0.1, 0.15) is 0 Å². The number of carboxylic acids is 1. The van der Waals surface area contributed by atoms with Crippen LogP contribution in [0.1, 0.15) is 29.6 Å². The number of hydrogen-bond acceptors (Lipinski definition) is 3. The molecule has 0 aromatic heterocycles. The summed E-state index contributed by atoms with van der Waals surface area (Å²) in [6.07, 6.45) is 2.06. The second kappa shape index (κ2) is 6.46. The van der Waals surface area contributed by atoms with Gasteiger partial charge in [0.25, 0.3) is 0 Å². The van der Waals surface area contributed by atoms with E-state index in [1.165, 1.54) is 18.2 Å². The number of nitriles is 1. The first kappa shape index (κ1) is 15.1. The van der Waals surface area contributed by atoms with E-state index in [4.69, 9.17) is 22.0 Å². The predicted molar refractivity (Wildman–Crippen MR) is 77.4 cm³/mol. The highest BCUT2D eigenvalue weighted by molar-refractivity contribution is 6.31. The molecule has 1 aliphatic rings. The van der Waals surface area contributed by atoms with Gasteiger partial charge in [0, 0.05) is 17.6 Å². The Morgan fingerprint density at radius 1 is 1.48 bits per heavy atom. The molecule has 110 valence electrons. The van der Waals surface area contributed by atoms with Crippen LogP contribution in [0.15, 0.2) is 18.2 Å². The summed E-state index contributed by atoms with van der Waals surface area (Å²) >= 11 is 5.77. The maximum Gasteiger partial charge on any atom is 0.337 e. The smallest absolute Gasteiger partial charge is 0.337 e. The number of aromatic carboxylic acids is 1. The molecule has 1 saturated carbocycles. The summed E-state index contributed by atoms with van der Waals surface area (Å²) in [5.41, 5.74) is 0.131. The van der Waals surface area contributed by atoms with E-state index in [9.17, 15) is 9.59 Å². The number of hydrogen-bond donors (Lipinski definition) is 2. The predicted octanol–water partition coefficient (Wildman–Crippen LogP) is 2.95. The molecular formula is C14H14ClN3O3. The molecule has 0 saturated heterocycles. The summed E-state index contributed by atoms with van der Waals surface area (Å²) in [5, 5.41) is 20.6. The number of nitrogens with zero attached hydrogens (tertiary/aromatic N) is 2. The Hall–Kier alpha value is -2.26. The third-order valence-electron chi connectivity index (χ3n) is 3.17. The van der Waals surface area contributed by atoms with Crippen molar-refractivity contribution in [1.29, 1.82) is 5.26 Å². The first-order valence-corrected chi connectivity index (χ1v) is 6.88. The molecule has 1 aliphatic carbocycles. The highest BCUT2D eigenvalue weighted by Crippen LogP contribution is 2.28. The molecule has 2 rings (SSSR count). The lowest BCUT2D eigenvalue weighted by atomic mass is 10.2. The molecule has 0 aliphatic heterocycles. The largest absolute Gasteiger partial charge is 0.478 e. The molecule has 0 bridgehead atoms. The SMILES string of the molecule is N#CCCN(C(=O)Nc1ccc(Cl)cc1C(=O)O)C1CC1. The van der Waals surface area contributed by atoms with Gasteiger partial charge in [-0.15, -0.1) is 0 Å². The first-order chi connectivity index (χ1) is 10.0. The molecule has 1 aromatic carbocycles. The van der Waals surface area contributed by atoms with Gasteiger partial charge in [-0.05, 0) is 31.0 Å². The summed E-state index contributed by atoms with van der Waals surface area (Å²) in [5.74, 6) is -1.16. The molecule has 0 atom stereocenters. The number of anilines is 1. The molecule has 0 heterocycles. The lowest BCUT2D eigenvalue weighted by molar-refractivity contribution is 0.0698. The number of rotatable bonds is 5. The summed E-state index contributed by atoms with van der Waals surface area (Å²) in [6, 6.07) is 6.01. The van der Waals surface area contributed by atoms with Crippen LogP contribution in [0.2, 0.25) is 5.02 Å². The van der Waals surface area contributed by atoms with Gasteiger partial charge in [-0.1, -0.05) is 11.6 Å². The van der Waals surface area contributed by atoms with E-state index in [2.05, 4.69) is 5.32 Å². The zero-order chi connectivity index (χ0) is 15.4. The van der Waals surface area contributed by atoms with Gasteiger partial charge in [0.15, 0.2) is 0 Å². The number of benzene rings is 1. The van der Waals surface area contributed by atoms with Gasteiger partial charge in [0.05, 0.1) is 23.7 Å². The van der Waals surface area contributed by atoms with E-state index in [-0.39, 0.29) is 28.7 Å². The molecule has 0 radical (unpaired) electrons. The standard InChI is InChI=1S/C14H14ClN3O3/c15-9-2-5-12(11(8-9)13(19)20)17-14(21)18(7-1-6-16)10-3-4-10/h2,5,8,10H,1,3-4,7H2,(H,17,21)(H,19,20). The number of carboxylic acid groups (broad SMARTS) is 1. The Bertz CT molecular complexity index is 608. The molecular weight excluding hydrogens is 294 g/mol. The summed E-state index contributed by atoms with van der Waals surface area (Å²) in [6.45, 7) is 0.336. The molecule has 21 heavy (non-hydrogen) atoms. The average molecular weight is 308 g/mol.